The van der Waals surface area contributed by atoms with Crippen molar-refractivity contribution in [2.24, 2.45) is 0 Å². The van der Waals surface area contributed by atoms with E-state index in [1.807, 2.05) is 18.7 Å². The van der Waals surface area contributed by atoms with Gasteiger partial charge in [-0.1, -0.05) is 12.8 Å². The molecule has 0 unspecified atom stereocenters. The van der Waals surface area contributed by atoms with E-state index in [2.05, 4.69) is 32.6 Å². The SMILES string of the molecule is Cc1nc(CSC2CCCC2)nc(N)c1I. The first kappa shape index (κ1) is 12.4. The van der Waals surface area contributed by atoms with Gasteiger partial charge in [-0.2, -0.15) is 11.8 Å². The lowest BCUT2D eigenvalue weighted by molar-refractivity contribution is 0.886. The van der Waals surface area contributed by atoms with E-state index in [4.69, 9.17) is 5.73 Å². The van der Waals surface area contributed by atoms with Gasteiger partial charge in [0.15, 0.2) is 0 Å². The molecule has 0 bridgehead atoms. The normalized spacial score (nSPS) is 16.9. The zero-order chi connectivity index (χ0) is 11.5. The van der Waals surface area contributed by atoms with E-state index >= 15 is 0 Å². The van der Waals surface area contributed by atoms with E-state index in [1.54, 1.807) is 0 Å². The van der Waals surface area contributed by atoms with Crippen LogP contribution in [0.3, 0.4) is 0 Å². The number of aryl methyl sites for hydroxylation is 1. The van der Waals surface area contributed by atoms with Crippen molar-refractivity contribution in [3.8, 4) is 0 Å². The summed E-state index contributed by atoms with van der Waals surface area (Å²) in [6.07, 6.45) is 5.46. The predicted octanol–water partition coefficient (Wildman–Crippen LogP) is 3.15. The highest BCUT2D eigenvalue weighted by molar-refractivity contribution is 14.1. The summed E-state index contributed by atoms with van der Waals surface area (Å²) in [6, 6.07) is 0. The molecule has 1 aromatic heterocycles. The molecule has 88 valence electrons. The van der Waals surface area contributed by atoms with Crippen LogP contribution in [0.1, 0.15) is 37.2 Å². The average molecular weight is 349 g/mol. The van der Waals surface area contributed by atoms with Crippen molar-refractivity contribution in [3.05, 3.63) is 15.1 Å². The monoisotopic (exact) mass is 349 g/mol. The lowest BCUT2D eigenvalue weighted by Gasteiger charge is -2.09. The Morgan fingerprint density at radius 3 is 2.69 bits per heavy atom. The standard InChI is InChI=1S/C11H16IN3S/c1-7-10(12)11(13)15-9(14-7)6-16-8-4-2-3-5-8/h8H,2-6H2,1H3,(H2,13,14,15). The Balaban J connectivity index is 1.98. The van der Waals surface area contributed by atoms with E-state index in [9.17, 15) is 0 Å². The molecule has 2 rings (SSSR count). The van der Waals surface area contributed by atoms with Crippen molar-refractivity contribution in [2.75, 3.05) is 5.73 Å². The van der Waals surface area contributed by atoms with Crippen LogP contribution in [-0.2, 0) is 5.75 Å². The third-order valence-electron chi connectivity index (χ3n) is 2.84. The summed E-state index contributed by atoms with van der Waals surface area (Å²) in [4.78, 5) is 8.81. The molecule has 0 saturated heterocycles. The first-order valence-corrected chi connectivity index (χ1v) is 7.69. The second-order valence-electron chi connectivity index (χ2n) is 4.14. The van der Waals surface area contributed by atoms with Crippen LogP contribution in [0.5, 0.6) is 0 Å². The average Bonchev–Trinajstić information content (AvgIpc) is 2.75. The van der Waals surface area contributed by atoms with Crippen LogP contribution in [0, 0.1) is 10.5 Å². The third kappa shape index (κ3) is 3.00. The van der Waals surface area contributed by atoms with Gasteiger partial charge in [0.2, 0.25) is 0 Å². The molecular formula is C11H16IN3S. The molecule has 0 atom stereocenters. The number of nitrogen functional groups attached to an aromatic ring is 1. The molecule has 2 N–H and O–H groups in total. The number of nitrogens with zero attached hydrogens (tertiary/aromatic N) is 2. The van der Waals surface area contributed by atoms with E-state index in [0.29, 0.717) is 5.82 Å². The first-order valence-electron chi connectivity index (χ1n) is 5.57. The van der Waals surface area contributed by atoms with E-state index < -0.39 is 0 Å². The molecule has 0 radical (unpaired) electrons. The molecule has 5 heteroatoms. The van der Waals surface area contributed by atoms with Gasteiger partial charge in [-0.15, -0.1) is 0 Å². The molecular weight excluding hydrogens is 333 g/mol. The molecule has 1 heterocycles. The summed E-state index contributed by atoms with van der Waals surface area (Å²) < 4.78 is 0.979. The molecule has 0 amide bonds. The summed E-state index contributed by atoms with van der Waals surface area (Å²) in [5.41, 5.74) is 6.83. The number of rotatable bonds is 3. The molecule has 3 nitrogen and oxygen atoms in total. The van der Waals surface area contributed by atoms with Crippen LogP contribution in [-0.4, -0.2) is 15.2 Å². The van der Waals surface area contributed by atoms with Crippen molar-refractivity contribution in [2.45, 2.75) is 43.6 Å². The number of hydrogen-bond acceptors (Lipinski definition) is 4. The van der Waals surface area contributed by atoms with Gasteiger partial charge in [-0.05, 0) is 42.4 Å². The summed E-state index contributed by atoms with van der Waals surface area (Å²) in [6.45, 7) is 1.99. The fraction of sp³-hybridized carbons (Fsp3) is 0.636. The Labute approximate surface area is 114 Å². The molecule has 1 aromatic rings. The lowest BCUT2D eigenvalue weighted by Crippen LogP contribution is -2.05. The Morgan fingerprint density at radius 2 is 2.06 bits per heavy atom. The molecule has 0 aliphatic heterocycles. The highest BCUT2D eigenvalue weighted by Gasteiger charge is 2.16. The summed E-state index contributed by atoms with van der Waals surface area (Å²) in [5, 5.41) is 0.810. The van der Waals surface area contributed by atoms with Gasteiger partial charge in [0, 0.05) is 5.25 Å². The molecule has 1 fully saturated rings. The number of aromatic nitrogens is 2. The minimum atomic E-state index is 0.620. The zero-order valence-corrected chi connectivity index (χ0v) is 12.3. The second-order valence-corrected chi connectivity index (χ2v) is 6.51. The Kier molecular flexibility index (Phi) is 4.29. The summed E-state index contributed by atoms with van der Waals surface area (Å²) >= 11 is 4.17. The van der Waals surface area contributed by atoms with Crippen LogP contribution in [0.4, 0.5) is 5.82 Å². The van der Waals surface area contributed by atoms with Crippen LogP contribution in [0.15, 0.2) is 0 Å². The zero-order valence-electron chi connectivity index (χ0n) is 9.37. The Hall–Kier alpha value is -0.0400. The van der Waals surface area contributed by atoms with Gasteiger partial charge in [0.25, 0.3) is 0 Å². The molecule has 1 saturated carbocycles. The van der Waals surface area contributed by atoms with Crippen molar-refractivity contribution in [1.82, 2.24) is 9.97 Å². The molecule has 1 aliphatic rings. The van der Waals surface area contributed by atoms with Gasteiger partial charge >= 0.3 is 0 Å². The first-order chi connectivity index (χ1) is 7.66. The molecule has 16 heavy (non-hydrogen) atoms. The second kappa shape index (κ2) is 5.53. The maximum Gasteiger partial charge on any atom is 0.140 e. The topological polar surface area (TPSA) is 51.8 Å². The number of halogens is 1. The molecule has 1 aliphatic carbocycles. The maximum absolute atomic E-state index is 5.84. The van der Waals surface area contributed by atoms with E-state index in [-0.39, 0.29) is 0 Å². The van der Waals surface area contributed by atoms with Gasteiger partial charge in [-0.25, -0.2) is 9.97 Å². The minimum absolute atomic E-state index is 0.620. The largest absolute Gasteiger partial charge is 0.383 e. The number of hydrogen-bond donors (Lipinski definition) is 1. The summed E-state index contributed by atoms with van der Waals surface area (Å²) in [5.74, 6) is 2.40. The van der Waals surface area contributed by atoms with Gasteiger partial charge < -0.3 is 5.73 Å². The fourth-order valence-electron chi connectivity index (χ4n) is 1.95. The van der Waals surface area contributed by atoms with Gasteiger partial charge in [0.1, 0.15) is 11.6 Å². The van der Waals surface area contributed by atoms with Crippen LogP contribution in [0.2, 0.25) is 0 Å². The molecule has 0 spiro atoms. The maximum atomic E-state index is 5.84. The summed E-state index contributed by atoms with van der Waals surface area (Å²) in [7, 11) is 0. The van der Waals surface area contributed by atoms with E-state index in [0.717, 1.165) is 26.1 Å². The number of thioether (sulfide) groups is 1. The smallest absolute Gasteiger partial charge is 0.140 e. The Bertz CT molecular complexity index is 354. The van der Waals surface area contributed by atoms with Gasteiger partial charge in [-0.3, -0.25) is 0 Å². The number of nitrogens with two attached hydrogens (primary N) is 1. The van der Waals surface area contributed by atoms with E-state index in [1.165, 1.54) is 25.7 Å². The van der Waals surface area contributed by atoms with Crippen molar-refractivity contribution in [1.29, 1.82) is 0 Å². The fourth-order valence-corrected chi connectivity index (χ4v) is 3.37. The van der Waals surface area contributed by atoms with Crippen molar-refractivity contribution >= 4 is 40.2 Å². The van der Waals surface area contributed by atoms with Crippen LogP contribution >= 0.6 is 34.4 Å². The van der Waals surface area contributed by atoms with Crippen molar-refractivity contribution < 1.29 is 0 Å². The minimum Gasteiger partial charge on any atom is -0.383 e. The highest BCUT2D eigenvalue weighted by atomic mass is 127. The lowest BCUT2D eigenvalue weighted by atomic mass is 10.4. The predicted molar refractivity (Wildman–Crippen MR) is 77.4 cm³/mol. The van der Waals surface area contributed by atoms with Crippen LogP contribution < -0.4 is 5.73 Å². The Morgan fingerprint density at radius 1 is 1.38 bits per heavy atom. The molecule has 0 aromatic carbocycles. The quantitative estimate of drug-likeness (QED) is 0.852. The number of anilines is 1. The van der Waals surface area contributed by atoms with Crippen molar-refractivity contribution in [3.63, 3.8) is 0 Å². The third-order valence-corrected chi connectivity index (χ3v) is 5.54. The van der Waals surface area contributed by atoms with Gasteiger partial charge in [0.05, 0.1) is 15.0 Å². The highest BCUT2D eigenvalue weighted by Crippen LogP contribution is 2.31. The van der Waals surface area contributed by atoms with Crippen LogP contribution in [0.25, 0.3) is 0 Å².